The van der Waals surface area contributed by atoms with Gasteiger partial charge in [0, 0.05) is 45.7 Å². The lowest BCUT2D eigenvalue weighted by molar-refractivity contribution is 0.0712. The van der Waals surface area contributed by atoms with E-state index in [1.54, 1.807) is 5.70 Å². The van der Waals surface area contributed by atoms with Crippen LogP contribution in [-0.2, 0) is 26.6 Å². The van der Waals surface area contributed by atoms with Gasteiger partial charge in [-0.15, -0.1) is 0 Å². The maximum absolute atomic E-state index is 5.67. The van der Waals surface area contributed by atoms with Gasteiger partial charge >= 0.3 is 17.6 Å². The molecule has 0 spiro atoms. The summed E-state index contributed by atoms with van der Waals surface area (Å²) in [5, 5.41) is 0. The second-order valence-electron chi connectivity index (χ2n) is 4.92. The summed E-state index contributed by atoms with van der Waals surface area (Å²) in [7, 11) is -4.87. The fraction of sp³-hybridized carbons (Fsp3) is 0.882. The zero-order valence-corrected chi connectivity index (χ0v) is 20.4. The fourth-order valence-corrected chi connectivity index (χ4v) is 7.08. The van der Waals surface area contributed by atoms with Crippen LogP contribution < -0.4 is 0 Å². The first kappa shape index (κ1) is 28.5. The molecule has 6 nitrogen and oxygen atoms in total. The number of hydrogen-bond donors (Lipinski definition) is 1. The average molecular weight is 429 g/mol. The SMILES string of the molecule is C=C[Si](OCC)(OCC)OCC.CCO[Si](CCCS)(OCC)OCC. The predicted octanol–water partition coefficient (Wildman–Crippen LogP) is 4.11. The average Bonchev–Trinajstić information content (AvgIpc) is 2.62. The zero-order chi connectivity index (χ0) is 20.3. The van der Waals surface area contributed by atoms with Crippen LogP contribution >= 0.6 is 12.6 Å². The van der Waals surface area contributed by atoms with Crippen LogP contribution in [0.1, 0.15) is 48.0 Å². The molecule has 158 valence electrons. The first-order chi connectivity index (χ1) is 12.5. The lowest BCUT2D eigenvalue weighted by Crippen LogP contribution is -2.46. The molecule has 9 heteroatoms. The van der Waals surface area contributed by atoms with Crippen molar-refractivity contribution in [2.24, 2.45) is 0 Å². The van der Waals surface area contributed by atoms with E-state index in [0.717, 1.165) is 18.2 Å². The molecule has 0 N–H and O–H groups in total. The Morgan fingerprint density at radius 1 is 0.692 bits per heavy atom. The normalized spacial score (nSPS) is 11.8. The Morgan fingerprint density at radius 3 is 1.27 bits per heavy atom. The molecule has 0 rings (SSSR count). The van der Waals surface area contributed by atoms with Crippen molar-refractivity contribution in [1.29, 1.82) is 0 Å². The molecule has 0 saturated heterocycles. The Balaban J connectivity index is 0. The molecular weight excluding hydrogens is 388 g/mol. The minimum Gasteiger partial charge on any atom is -0.374 e. The van der Waals surface area contributed by atoms with Crippen molar-refractivity contribution in [3.8, 4) is 0 Å². The van der Waals surface area contributed by atoms with E-state index >= 15 is 0 Å². The summed E-state index contributed by atoms with van der Waals surface area (Å²) < 4.78 is 33.3. The maximum Gasteiger partial charge on any atom is 0.528 e. The van der Waals surface area contributed by atoms with Gasteiger partial charge in [-0.1, -0.05) is 6.58 Å². The van der Waals surface area contributed by atoms with Gasteiger partial charge in [0.2, 0.25) is 0 Å². The van der Waals surface area contributed by atoms with E-state index in [-0.39, 0.29) is 0 Å². The molecule has 0 aliphatic carbocycles. The molecule has 0 saturated carbocycles. The molecule has 0 atom stereocenters. The molecular formula is C17H40O6SSi2. The summed E-state index contributed by atoms with van der Waals surface area (Å²) in [6, 6.07) is 0.867. The van der Waals surface area contributed by atoms with Crippen LogP contribution in [0.5, 0.6) is 0 Å². The summed E-state index contributed by atoms with van der Waals surface area (Å²) >= 11 is 4.19. The third-order valence-corrected chi connectivity index (χ3v) is 9.06. The molecule has 0 heterocycles. The third-order valence-electron chi connectivity index (χ3n) is 3.02. The topological polar surface area (TPSA) is 55.4 Å². The Hall–Kier alpha value is 0.284. The van der Waals surface area contributed by atoms with E-state index in [1.165, 1.54) is 0 Å². The zero-order valence-electron chi connectivity index (χ0n) is 17.5. The van der Waals surface area contributed by atoms with E-state index in [4.69, 9.17) is 26.6 Å². The minimum atomic E-state index is -2.51. The summed E-state index contributed by atoms with van der Waals surface area (Å²) in [5.74, 6) is 0.849. The van der Waals surface area contributed by atoms with Gasteiger partial charge in [-0.25, -0.2) is 0 Å². The highest BCUT2D eigenvalue weighted by Gasteiger charge is 2.39. The highest BCUT2D eigenvalue weighted by atomic mass is 32.1. The van der Waals surface area contributed by atoms with Gasteiger partial charge in [0.25, 0.3) is 0 Å². The largest absolute Gasteiger partial charge is 0.528 e. The van der Waals surface area contributed by atoms with Crippen LogP contribution in [-0.4, -0.2) is 63.0 Å². The van der Waals surface area contributed by atoms with Crippen molar-refractivity contribution in [3.63, 3.8) is 0 Å². The maximum atomic E-state index is 5.67. The van der Waals surface area contributed by atoms with Crippen molar-refractivity contribution < 1.29 is 26.6 Å². The van der Waals surface area contributed by atoms with Crippen molar-refractivity contribution in [1.82, 2.24) is 0 Å². The minimum absolute atomic E-state index is 0.595. The third kappa shape index (κ3) is 12.6. The van der Waals surface area contributed by atoms with Crippen LogP contribution in [0.25, 0.3) is 0 Å². The Kier molecular flexibility index (Phi) is 20.4. The Bertz CT molecular complexity index is 290. The molecule has 0 aliphatic rings. The van der Waals surface area contributed by atoms with E-state index in [9.17, 15) is 0 Å². The fourth-order valence-electron chi connectivity index (χ4n) is 2.20. The molecule has 0 aromatic carbocycles. The van der Waals surface area contributed by atoms with E-state index in [0.29, 0.717) is 39.6 Å². The molecule has 0 bridgehead atoms. The van der Waals surface area contributed by atoms with E-state index in [2.05, 4.69) is 19.2 Å². The molecule has 0 unspecified atom stereocenters. The van der Waals surface area contributed by atoms with Crippen LogP contribution in [0, 0.1) is 0 Å². The molecule has 0 aromatic rings. The molecule has 0 aromatic heterocycles. The second kappa shape index (κ2) is 18.6. The van der Waals surface area contributed by atoms with E-state index in [1.807, 2.05) is 41.5 Å². The van der Waals surface area contributed by atoms with Crippen molar-refractivity contribution >= 4 is 30.2 Å². The summed E-state index contributed by atoms with van der Waals surface area (Å²) in [4.78, 5) is 0. The molecule has 26 heavy (non-hydrogen) atoms. The summed E-state index contributed by atoms with van der Waals surface area (Å²) in [6.45, 7) is 19.1. The monoisotopic (exact) mass is 428 g/mol. The molecule has 0 aliphatic heterocycles. The standard InChI is InChI=1S/C9H22O3SSi.C8H18O3Si/c1-4-10-14(11-5-2,12-6-3)9-7-8-13;1-5-9-12(8-4,10-6-2)11-7-3/h13H,4-9H2,1-3H3;8H,4-7H2,1-3H3. The first-order valence-corrected chi connectivity index (χ1v) is 13.9. The van der Waals surface area contributed by atoms with Crippen LogP contribution in [0.3, 0.4) is 0 Å². The summed E-state index contributed by atoms with van der Waals surface area (Å²) in [6.07, 6.45) is 0.981. The number of thiol groups is 1. The lowest BCUT2D eigenvalue weighted by atomic mass is 10.6. The Morgan fingerprint density at radius 2 is 1.04 bits per heavy atom. The van der Waals surface area contributed by atoms with Crippen LogP contribution in [0.15, 0.2) is 12.3 Å². The van der Waals surface area contributed by atoms with Gasteiger partial charge in [0.05, 0.1) is 0 Å². The van der Waals surface area contributed by atoms with Gasteiger partial charge < -0.3 is 26.6 Å². The quantitative estimate of drug-likeness (QED) is 0.295. The molecule has 0 radical (unpaired) electrons. The van der Waals surface area contributed by atoms with Crippen LogP contribution in [0.2, 0.25) is 6.04 Å². The van der Waals surface area contributed by atoms with Gasteiger partial charge in [0.15, 0.2) is 0 Å². The highest BCUT2D eigenvalue weighted by Crippen LogP contribution is 2.18. The van der Waals surface area contributed by atoms with Crippen molar-refractivity contribution in [2.75, 3.05) is 45.4 Å². The van der Waals surface area contributed by atoms with Crippen molar-refractivity contribution in [3.05, 3.63) is 12.3 Å². The Labute approximate surface area is 168 Å². The molecule has 0 amide bonds. The number of hydrogen-bond acceptors (Lipinski definition) is 7. The first-order valence-electron chi connectivity index (χ1n) is 9.57. The van der Waals surface area contributed by atoms with E-state index < -0.39 is 17.6 Å². The van der Waals surface area contributed by atoms with Gasteiger partial charge in [-0.05, 0) is 59.4 Å². The molecule has 0 fully saturated rings. The highest BCUT2D eigenvalue weighted by molar-refractivity contribution is 7.80. The summed E-state index contributed by atoms with van der Waals surface area (Å²) in [5.41, 5.74) is 1.67. The predicted molar refractivity (Wildman–Crippen MR) is 115 cm³/mol. The second-order valence-corrected chi connectivity index (χ2v) is 10.6. The number of rotatable bonds is 16. The lowest BCUT2D eigenvalue weighted by Gasteiger charge is -2.28. The van der Waals surface area contributed by atoms with Gasteiger partial charge in [-0.2, -0.15) is 12.6 Å². The van der Waals surface area contributed by atoms with Crippen LogP contribution in [0.4, 0.5) is 0 Å². The van der Waals surface area contributed by atoms with Crippen molar-refractivity contribution in [2.45, 2.75) is 54.0 Å². The smallest absolute Gasteiger partial charge is 0.374 e. The van der Waals surface area contributed by atoms with Gasteiger partial charge in [0.1, 0.15) is 0 Å². The van der Waals surface area contributed by atoms with Gasteiger partial charge in [-0.3, -0.25) is 0 Å².